The van der Waals surface area contributed by atoms with E-state index in [9.17, 15) is 18.0 Å². The van der Waals surface area contributed by atoms with Crippen molar-refractivity contribution in [2.75, 3.05) is 19.5 Å². The second-order valence-corrected chi connectivity index (χ2v) is 11.4. The van der Waals surface area contributed by atoms with E-state index in [0.717, 1.165) is 5.56 Å². The lowest BCUT2D eigenvalue weighted by Gasteiger charge is -2.46. The number of carbonyl (C=O) groups excluding carboxylic acids is 2. The van der Waals surface area contributed by atoms with Crippen molar-refractivity contribution in [2.45, 2.75) is 30.3 Å². The summed E-state index contributed by atoms with van der Waals surface area (Å²) in [7, 11) is -1.28. The van der Waals surface area contributed by atoms with Crippen LogP contribution in [-0.4, -0.2) is 45.2 Å². The fourth-order valence-electron chi connectivity index (χ4n) is 4.80. The summed E-state index contributed by atoms with van der Waals surface area (Å²) >= 11 is 1.28. The summed E-state index contributed by atoms with van der Waals surface area (Å²) in [6.45, 7) is 3.55. The average Bonchev–Trinajstić information content (AvgIpc) is 3.35. The van der Waals surface area contributed by atoms with Crippen molar-refractivity contribution in [1.29, 1.82) is 0 Å². The number of sulfonamides is 1. The van der Waals surface area contributed by atoms with Crippen LogP contribution in [-0.2, 0) is 29.1 Å². The number of benzene rings is 2. The number of hydrogen-bond acceptors (Lipinski definition) is 10. The molecule has 1 aromatic heterocycles. The molecule has 0 radical (unpaired) electrons. The van der Waals surface area contributed by atoms with Crippen LogP contribution in [0, 0.1) is 5.92 Å². The minimum atomic E-state index is -3.88. The first-order chi connectivity index (χ1) is 18.0. The number of anilines is 1. The molecule has 3 aromatic rings. The fraction of sp³-hybridized carbons (Fsp3) is 0.269. The van der Waals surface area contributed by atoms with E-state index in [0.29, 0.717) is 27.7 Å². The van der Waals surface area contributed by atoms with Crippen LogP contribution in [0.1, 0.15) is 25.3 Å². The molecule has 0 amide bonds. The Morgan fingerprint density at radius 3 is 2.45 bits per heavy atom. The van der Waals surface area contributed by atoms with Crippen LogP contribution in [0.5, 0.6) is 0 Å². The lowest BCUT2D eigenvalue weighted by molar-refractivity contribution is -0.149. The number of nitrogens with one attached hydrogen (secondary N) is 2. The van der Waals surface area contributed by atoms with E-state index in [4.69, 9.17) is 14.6 Å². The summed E-state index contributed by atoms with van der Waals surface area (Å²) in [4.78, 5) is 30.8. The maximum atomic E-state index is 13.3. The van der Waals surface area contributed by atoms with Gasteiger partial charge in [-0.05, 0) is 31.5 Å². The summed E-state index contributed by atoms with van der Waals surface area (Å²) < 4.78 is 33.9. The standard InChI is InChI=1S/C26H28N4O6S2/c1-15-20(23(31)35-3)21(16-9-6-5-7-10-16)22(24(32)36-4)26(2,29-15)30-25-28-19(14-37-25)17-11-8-12-18(13-17)38(27,33)34/h5-14,21-22,29H,1-4H3,(H,28,30)(H2,27,33,34). The highest BCUT2D eigenvalue weighted by Crippen LogP contribution is 2.45. The van der Waals surface area contributed by atoms with Gasteiger partial charge in [0.25, 0.3) is 0 Å². The number of aromatic nitrogens is 1. The number of primary sulfonamides is 1. The number of carbonyl (C=O) groups is 2. The molecule has 2 heterocycles. The van der Waals surface area contributed by atoms with Crippen molar-refractivity contribution >= 4 is 38.4 Å². The van der Waals surface area contributed by atoms with Crippen LogP contribution in [0.4, 0.5) is 5.13 Å². The van der Waals surface area contributed by atoms with E-state index >= 15 is 0 Å². The molecular weight excluding hydrogens is 528 g/mol. The molecule has 0 bridgehead atoms. The number of nitrogens with two attached hydrogens (primary N) is 1. The van der Waals surface area contributed by atoms with Gasteiger partial charge in [0.15, 0.2) is 5.13 Å². The van der Waals surface area contributed by atoms with Gasteiger partial charge < -0.3 is 20.1 Å². The zero-order valence-electron chi connectivity index (χ0n) is 21.2. The maximum Gasteiger partial charge on any atom is 0.336 e. The molecule has 0 spiro atoms. The second kappa shape index (κ2) is 10.6. The van der Waals surface area contributed by atoms with Gasteiger partial charge in [0.2, 0.25) is 10.0 Å². The van der Waals surface area contributed by atoms with Crippen molar-refractivity contribution in [3.05, 3.63) is 76.8 Å². The summed E-state index contributed by atoms with van der Waals surface area (Å²) in [5, 5.41) is 14.1. The zero-order chi connectivity index (χ0) is 27.7. The summed E-state index contributed by atoms with van der Waals surface area (Å²) in [6, 6.07) is 15.4. The van der Waals surface area contributed by atoms with Gasteiger partial charge in [-0.25, -0.2) is 23.3 Å². The summed E-state index contributed by atoms with van der Waals surface area (Å²) in [5.41, 5.74) is 1.58. The molecule has 4 N–H and O–H groups in total. The van der Waals surface area contributed by atoms with Gasteiger partial charge in [0, 0.05) is 22.6 Å². The van der Waals surface area contributed by atoms with Crippen LogP contribution >= 0.6 is 11.3 Å². The highest BCUT2D eigenvalue weighted by Gasteiger charge is 2.52. The van der Waals surface area contributed by atoms with Crippen LogP contribution in [0.2, 0.25) is 0 Å². The number of methoxy groups -OCH3 is 2. The van der Waals surface area contributed by atoms with E-state index in [1.807, 2.05) is 30.3 Å². The molecule has 1 aliphatic heterocycles. The molecule has 0 saturated carbocycles. The molecule has 3 atom stereocenters. The molecule has 10 nitrogen and oxygen atoms in total. The number of hydrogen-bond donors (Lipinski definition) is 3. The van der Waals surface area contributed by atoms with Gasteiger partial charge in [-0.1, -0.05) is 42.5 Å². The van der Waals surface area contributed by atoms with Crippen molar-refractivity contribution in [2.24, 2.45) is 11.1 Å². The molecule has 2 aromatic carbocycles. The number of esters is 2. The largest absolute Gasteiger partial charge is 0.469 e. The third-order valence-electron chi connectivity index (χ3n) is 6.47. The molecule has 0 saturated heterocycles. The smallest absolute Gasteiger partial charge is 0.336 e. The van der Waals surface area contributed by atoms with Crippen molar-refractivity contribution in [3.63, 3.8) is 0 Å². The number of thiazole rings is 1. The highest BCUT2D eigenvalue weighted by molar-refractivity contribution is 7.89. The van der Waals surface area contributed by atoms with E-state index in [1.54, 1.807) is 31.4 Å². The first-order valence-corrected chi connectivity index (χ1v) is 14.0. The molecule has 200 valence electrons. The van der Waals surface area contributed by atoms with Crippen molar-refractivity contribution in [3.8, 4) is 11.3 Å². The Bertz CT molecular complexity index is 1500. The molecular formula is C26H28N4O6S2. The fourth-order valence-corrected chi connectivity index (χ4v) is 6.20. The zero-order valence-corrected chi connectivity index (χ0v) is 22.9. The van der Waals surface area contributed by atoms with Gasteiger partial charge in [-0.2, -0.15) is 0 Å². The van der Waals surface area contributed by atoms with Gasteiger partial charge in [-0.3, -0.25) is 4.79 Å². The predicted octanol–water partition coefficient (Wildman–Crippen LogP) is 3.21. The monoisotopic (exact) mass is 556 g/mol. The Balaban J connectivity index is 1.78. The molecule has 3 unspecified atom stereocenters. The Morgan fingerprint density at radius 1 is 1.11 bits per heavy atom. The summed E-state index contributed by atoms with van der Waals surface area (Å²) in [5.74, 6) is -2.66. The van der Waals surface area contributed by atoms with Gasteiger partial charge in [-0.15, -0.1) is 11.3 Å². The average molecular weight is 557 g/mol. The molecule has 12 heteroatoms. The molecule has 1 aliphatic rings. The first-order valence-electron chi connectivity index (χ1n) is 11.6. The SMILES string of the molecule is COC(=O)C1=C(C)NC(C)(Nc2nc(-c3cccc(S(N)(=O)=O)c3)cs2)C(C(=O)OC)C1c1ccccc1. The van der Waals surface area contributed by atoms with Crippen LogP contribution in [0.25, 0.3) is 11.3 Å². The quantitative estimate of drug-likeness (QED) is 0.373. The Labute approximate surface area is 224 Å². The van der Waals surface area contributed by atoms with Gasteiger partial charge in [0.1, 0.15) is 11.6 Å². The van der Waals surface area contributed by atoms with E-state index in [-0.39, 0.29) is 4.90 Å². The molecule has 0 fully saturated rings. The van der Waals surface area contributed by atoms with Crippen LogP contribution in [0.15, 0.2) is 76.1 Å². The summed E-state index contributed by atoms with van der Waals surface area (Å²) in [6.07, 6.45) is 0. The van der Waals surface area contributed by atoms with E-state index in [1.165, 1.54) is 37.7 Å². The number of allylic oxidation sites excluding steroid dienone is 1. The number of ether oxygens (including phenoxy) is 2. The van der Waals surface area contributed by atoms with Gasteiger partial charge >= 0.3 is 11.9 Å². The Kier molecular flexibility index (Phi) is 7.58. The highest BCUT2D eigenvalue weighted by atomic mass is 32.2. The van der Waals surface area contributed by atoms with Crippen LogP contribution < -0.4 is 15.8 Å². The Hall–Kier alpha value is -3.74. The van der Waals surface area contributed by atoms with E-state index in [2.05, 4.69) is 15.6 Å². The molecule has 38 heavy (non-hydrogen) atoms. The maximum absolute atomic E-state index is 13.3. The topological polar surface area (TPSA) is 150 Å². The third-order valence-corrected chi connectivity index (χ3v) is 8.13. The molecule has 0 aliphatic carbocycles. The minimum absolute atomic E-state index is 0.0222. The Morgan fingerprint density at radius 2 is 1.82 bits per heavy atom. The first kappa shape index (κ1) is 27.3. The van der Waals surface area contributed by atoms with Gasteiger partial charge in [0.05, 0.1) is 30.4 Å². The predicted molar refractivity (Wildman–Crippen MR) is 143 cm³/mol. The number of nitrogens with zero attached hydrogens (tertiary/aromatic N) is 1. The lowest BCUT2D eigenvalue weighted by Crippen LogP contribution is -2.62. The van der Waals surface area contributed by atoms with Crippen molar-refractivity contribution in [1.82, 2.24) is 10.3 Å². The van der Waals surface area contributed by atoms with Crippen molar-refractivity contribution < 1.29 is 27.5 Å². The normalized spacial score (nSPS) is 21.4. The number of rotatable bonds is 7. The minimum Gasteiger partial charge on any atom is -0.469 e. The molecule has 4 rings (SSSR count). The third kappa shape index (κ3) is 5.28. The van der Waals surface area contributed by atoms with Crippen LogP contribution in [0.3, 0.4) is 0 Å². The lowest BCUT2D eigenvalue weighted by atomic mass is 9.71. The second-order valence-electron chi connectivity index (χ2n) is 8.98. The van der Waals surface area contributed by atoms with E-state index < -0.39 is 39.5 Å².